The number of rotatable bonds is 0. The van der Waals surface area contributed by atoms with E-state index in [1.807, 2.05) is 6.07 Å². The van der Waals surface area contributed by atoms with Crippen molar-refractivity contribution < 1.29 is 0 Å². The number of para-hydroxylation sites is 1. The van der Waals surface area contributed by atoms with Crippen molar-refractivity contribution in [2.45, 2.75) is 6.42 Å². The molecule has 0 saturated heterocycles. The molecule has 0 radical (unpaired) electrons. The van der Waals surface area contributed by atoms with Gasteiger partial charge < -0.3 is 4.98 Å². The second-order valence-corrected chi connectivity index (χ2v) is 5.31. The summed E-state index contributed by atoms with van der Waals surface area (Å²) >= 11 is 0. The molecule has 2 aromatic carbocycles. The Morgan fingerprint density at radius 1 is 1.05 bits per heavy atom. The van der Waals surface area contributed by atoms with E-state index in [4.69, 9.17) is 4.99 Å². The lowest BCUT2D eigenvalue weighted by Gasteiger charge is -1.98. The molecule has 1 N–H and O–H groups in total. The molecule has 0 unspecified atom stereocenters. The molecule has 2 heterocycles. The number of allylic oxidation sites excluding steroid dienone is 1. The van der Waals surface area contributed by atoms with Crippen LogP contribution in [0.15, 0.2) is 47.5 Å². The quantitative estimate of drug-likeness (QED) is 0.501. The molecule has 3 aromatic rings. The van der Waals surface area contributed by atoms with Crippen molar-refractivity contribution >= 4 is 28.7 Å². The molecule has 1 aliphatic heterocycles. The van der Waals surface area contributed by atoms with Gasteiger partial charge in [-0.15, -0.1) is 0 Å². The minimum atomic E-state index is 1.00. The Morgan fingerprint density at radius 3 is 3.00 bits per heavy atom. The Hall–Kier alpha value is -2.61. The predicted octanol–water partition coefficient (Wildman–Crippen LogP) is 2.92. The van der Waals surface area contributed by atoms with Gasteiger partial charge in [-0.1, -0.05) is 36.4 Å². The van der Waals surface area contributed by atoms with E-state index < -0.39 is 0 Å². The molecule has 0 bridgehead atoms. The summed E-state index contributed by atoms with van der Waals surface area (Å²) in [5, 5.41) is 6.14. The predicted molar refractivity (Wildman–Crippen MR) is 81.0 cm³/mol. The van der Waals surface area contributed by atoms with Gasteiger partial charge in [-0.05, 0) is 24.6 Å². The molecule has 5 rings (SSSR count). The molecule has 94 valence electrons. The smallest absolute Gasteiger partial charge is 0.0724 e. The van der Waals surface area contributed by atoms with Gasteiger partial charge in [0.25, 0.3) is 0 Å². The zero-order chi connectivity index (χ0) is 13.1. The van der Waals surface area contributed by atoms with Crippen LogP contribution in [0.3, 0.4) is 0 Å². The average Bonchev–Trinajstić information content (AvgIpc) is 3.04. The lowest BCUT2D eigenvalue weighted by molar-refractivity contribution is 1.31. The number of aromatic nitrogens is 1. The number of benzene rings is 2. The monoisotopic (exact) mass is 256 g/mol. The Bertz CT molecular complexity index is 1110. The van der Waals surface area contributed by atoms with Crippen LogP contribution in [0, 0.1) is 10.4 Å². The van der Waals surface area contributed by atoms with Crippen LogP contribution < -0.4 is 10.7 Å². The van der Waals surface area contributed by atoms with E-state index in [9.17, 15) is 0 Å². The molecule has 2 heteroatoms. The van der Waals surface area contributed by atoms with Gasteiger partial charge in [-0.2, -0.15) is 0 Å². The van der Waals surface area contributed by atoms with E-state index >= 15 is 0 Å². The highest BCUT2D eigenvalue weighted by Gasteiger charge is 2.13. The third kappa shape index (κ3) is 1.16. The summed E-state index contributed by atoms with van der Waals surface area (Å²) < 4.78 is 0. The maximum atomic E-state index is 4.75. The second-order valence-electron chi connectivity index (χ2n) is 5.31. The molecule has 1 aromatic heterocycles. The van der Waals surface area contributed by atoms with Crippen LogP contribution in [-0.4, -0.2) is 4.98 Å². The summed E-state index contributed by atoms with van der Waals surface area (Å²) in [6.45, 7) is 0. The molecule has 0 amide bonds. The maximum absolute atomic E-state index is 4.75. The molecule has 20 heavy (non-hydrogen) atoms. The first-order valence-electron chi connectivity index (χ1n) is 6.91. The number of aromatic amines is 1. The number of fused-ring (bicyclic) bond motifs is 6. The van der Waals surface area contributed by atoms with Crippen LogP contribution in [0.2, 0.25) is 0 Å². The van der Waals surface area contributed by atoms with Gasteiger partial charge >= 0.3 is 0 Å². The fraction of sp³-hybridized carbons (Fsp3) is 0.0556. The first-order chi connectivity index (χ1) is 9.92. The third-order valence-electron chi connectivity index (χ3n) is 4.17. The zero-order valence-electron chi connectivity index (χ0n) is 10.9. The SMILES string of the molecule is C1=Cc2c([nH]c3ccc4c(c23)=c2ccccc2=N4)=CC1. The van der Waals surface area contributed by atoms with Crippen molar-refractivity contribution in [3.8, 4) is 0 Å². The zero-order valence-corrected chi connectivity index (χ0v) is 10.9. The lowest BCUT2D eigenvalue weighted by atomic mass is 10.0. The van der Waals surface area contributed by atoms with Gasteiger partial charge in [0.2, 0.25) is 0 Å². The van der Waals surface area contributed by atoms with E-state index in [1.54, 1.807) is 0 Å². The van der Waals surface area contributed by atoms with Gasteiger partial charge in [0, 0.05) is 32.3 Å². The number of hydrogen-bond donors (Lipinski definition) is 1. The van der Waals surface area contributed by atoms with Crippen molar-refractivity contribution in [1.82, 2.24) is 4.98 Å². The molecule has 0 spiro atoms. The van der Waals surface area contributed by atoms with Gasteiger partial charge in [0.15, 0.2) is 0 Å². The largest absolute Gasteiger partial charge is 0.355 e. The Kier molecular flexibility index (Phi) is 1.78. The van der Waals surface area contributed by atoms with Gasteiger partial charge in [-0.3, -0.25) is 0 Å². The summed E-state index contributed by atoms with van der Waals surface area (Å²) in [5.41, 5.74) is 3.58. The average molecular weight is 256 g/mol. The van der Waals surface area contributed by atoms with Crippen LogP contribution in [0.5, 0.6) is 0 Å². The highest BCUT2D eigenvalue weighted by molar-refractivity contribution is 5.93. The number of H-pyrrole nitrogens is 1. The van der Waals surface area contributed by atoms with Crippen molar-refractivity contribution in [3.63, 3.8) is 0 Å². The van der Waals surface area contributed by atoms with Crippen molar-refractivity contribution in [2.75, 3.05) is 0 Å². The van der Waals surface area contributed by atoms with Crippen LogP contribution in [0.4, 0.5) is 5.69 Å². The first kappa shape index (κ1) is 10.2. The summed E-state index contributed by atoms with van der Waals surface area (Å²) in [6.07, 6.45) is 7.70. The molecule has 1 aliphatic carbocycles. The topological polar surface area (TPSA) is 28.1 Å². The number of nitrogens with one attached hydrogen (secondary N) is 1. The van der Waals surface area contributed by atoms with Crippen LogP contribution >= 0.6 is 0 Å². The van der Waals surface area contributed by atoms with E-state index in [0.717, 1.165) is 17.5 Å². The number of hydrogen-bond acceptors (Lipinski definition) is 1. The second kappa shape index (κ2) is 3.48. The molecule has 0 fully saturated rings. The summed E-state index contributed by atoms with van der Waals surface area (Å²) in [5.74, 6) is 0. The van der Waals surface area contributed by atoms with E-state index in [1.165, 1.54) is 32.3 Å². The van der Waals surface area contributed by atoms with Gasteiger partial charge in [0.05, 0.1) is 11.0 Å². The molecular formula is C18H12N2. The van der Waals surface area contributed by atoms with Crippen LogP contribution in [0.25, 0.3) is 23.1 Å². The molecule has 0 saturated carbocycles. The first-order valence-corrected chi connectivity index (χ1v) is 6.91. The molecular weight excluding hydrogens is 244 g/mol. The minimum absolute atomic E-state index is 1.00. The van der Waals surface area contributed by atoms with Gasteiger partial charge in [-0.25, -0.2) is 4.99 Å². The summed E-state index contributed by atoms with van der Waals surface area (Å²) in [4.78, 5) is 8.27. The molecule has 0 atom stereocenters. The van der Waals surface area contributed by atoms with Crippen molar-refractivity contribution in [1.29, 1.82) is 0 Å². The highest BCUT2D eigenvalue weighted by Crippen LogP contribution is 2.28. The maximum Gasteiger partial charge on any atom is 0.0724 e. The minimum Gasteiger partial charge on any atom is -0.355 e. The standard InChI is InChI=1S/C18H12N2/c1-3-7-13-11(5-1)17-15(19-13)9-10-16-18(17)12-6-2-4-8-14(12)20-16/h1-3,5-10,20H,4H2. The van der Waals surface area contributed by atoms with E-state index in [2.05, 4.69) is 53.5 Å². The molecule has 2 nitrogen and oxygen atoms in total. The Morgan fingerprint density at radius 2 is 2.00 bits per heavy atom. The van der Waals surface area contributed by atoms with Crippen LogP contribution in [-0.2, 0) is 0 Å². The lowest BCUT2D eigenvalue weighted by Crippen LogP contribution is -2.06. The normalized spacial score (nSPS) is 14.4. The molecule has 2 aliphatic rings. The van der Waals surface area contributed by atoms with Crippen molar-refractivity contribution in [3.05, 3.63) is 69.2 Å². The van der Waals surface area contributed by atoms with E-state index in [-0.39, 0.29) is 0 Å². The third-order valence-corrected chi connectivity index (χ3v) is 4.17. The Balaban J connectivity index is 2.19. The summed E-state index contributed by atoms with van der Waals surface area (Å²) in [6, 6.07) is 12.6. The van der Waals surface area contributed by atoms with Crippen LogP contribution in [0.1, 0.15) is 12.0 Å². The van der Waals surface area contributed by atoms with Crippen molar-refractivity contribution in [2.24, 2.45) is 4.99 Å². The highest BCUT2D eigenvalue weighted by atomic mass is 14.8. The fourth-order valence-corrected chi connectivity index (χ4v) is 3.31. The Labute approximate surface area is 115 Å². The number of nitrogens with zero attached hydrogens (tertiary/aromatic N) is 1. The van der Waals surface area contributed by atoms with Gasteiger partial charge in [0.1, 0.15) is 0 Å². The van der Waals surface area contributed by atoms with E-state index in [0.29, 0.717) is 0 Å². The fourth-order valence-electron chi connectivity index (χ4n) is 3.31. The summed E-state index contributed by atoms with van der Waals surface area (Å²) in [7, 11) is 0.